The van der Waals surface area contributed by atoms with Gasteiger partial charge < -0.3 is 14.8 Å². The molecule has 0 aromatic heterocycles. The van der Waals surface area contributed by atoms with Gasteiger partial charge in [0.15, 0.2) is 0 Å². The zero-order valence-corrected chi connectivity index (χ0v) is 18.6. The van der Waals surface area contributed by atoms with Crippen LogP contribution in [0.3, 0.4) is 0 Å². The summed E-state index contributed by atoms with van der Waals surface area (Å²) in [6, 6.07) is 16.6. The molecular weight excluding hydrogens is 446 g/mol. The second-order valence-corrected chi connectivity index (χ2v) is 8.80. The van der Waals surface area contributed by atoms with Crippen molar-refractivity contribution >= 4 is 33.2 Å². The third kappa shape index (κ3) is 4.01. The number of sulfonamides is 1. The summed E-state index contributed by atoms with van der Waals surface area (Å²) >= 11 is 0. The molecule has 3 N–H and O–H groups in total. The molecule has 0 bridgehead atoms. The summed E-state index contributed by atoms with van der Waals surface area (Å²) in [5, 5.41) is 7.95. The number of nitrogens with two attached hydrogens (primary N) is 1. The number of rotatable bonds is 5. The minimum atomic E-state index is -4.03. The van der Waals surface area contributed by atoms with Crippen LogP contribution in [0.1, 0.15) is 22.0 Å². The Balaban J connectivity index is 1.96. The summed E-state index contributed by atoms with van der Waals surface area (Å²) in [5.74, 6) is -0.542. The second kappa shape index (κ2) is 8.57. The predicted molar refractivity (Wildman–Crippen MR) is 122 cm³/mol. The maximum Gasteiger partial charge on any atom is 0.266 e. The third-order valence-corrected chi connectivity index (χ3v) is 6.21. The lowest BCUT2D eigenvalue weighted by molar-refractivity contribution is -0.117. The Morgan fingerprint density at radius 2 is 1.61 bits per heavy atom. The number of ether oxygens (including phenoxy) is 2. The first-order valence-electron chi connectivity index (χ1n) is 9.83. The normalized spacial score (nSPS) is 15.4. The van der Waals surface area contributed by atoms with Crippen molar-refractivity contribution in [2.24, 2.45) is 5.14 Å². The van der Waals surface area contributed by atoms with Crippen LogP contribution in [0.5, 0.6) is 11.5 Å². The number of benzene rings is 3. The lowest BCUT2D eigenvalue weighted by atomic mass is 9.98. The molecule has 1 heterocycles. The van der Waals surface area contributed by atoms with Crippen LogP contribution in [0.25, 0.3) is 0 Å². The van der Waals surface area contributed by atoms with E-state index in [2.05, 4.69) is 5.32 Å². The van der Waals surface area contributed by atoms with Gasteiger partial charge in [-0.15, -0.1) is 0 Å². The molecule has 2 amide bonds. The molecule has 0 fully saturated rings. The molecule has 1 aliphatic heterocycles. The van der Waals surface area contributed by atoms with Crippen LogP contribution in [0, 0.1) is 0 Å². The first kappa shape index (κ1) is 22.3. The Morgan fingerprint density at radius 3 is 2.18 bits per heavy atom. The zero-order chi connectivity index (χ0) is 23.8. The Bertz CT molecular complexity index is 1320. The van der Waals surface area contributed by atoms with Gasteiger partial charge in [0.2, 0.25) is 10.0 Å². The molecule has 0 radical (unpaired) electrons. The van der Waals surface area contributed by atoms with E-state index >= 15 is 0 Å². The fourth-order valence-electron chi connectivity index (χ4n) is 3.80. The van der Waals surface area contributed by atoms with Crippen LogP contribution in [-0.4, -0.2) is 34.5 Å². The number of anilines is 2. The molecule has 3 aromatic rings. The van der Waals surface area contributed by atoms with Gasteiger partial charge in [-0.25, -0.2) is 13.6 Å². The van der Waals surface area contributed by atoms with Gasteiger partial charge in [0.05, 0.1) is 30.5 Å². The smallest absolute Gasteiger partial charge is 0.266 e. The SMILES string of the molecule is COc1cccc(OC)c1C(=O)N1c2ccc(S(N)(=O)=O)cc2NC(=O)C1c1ccccc1. The van der Waals surface area contributed by atoms with Gasteiger partial charge in [-0.2, -0.15) is 0 Å². The molecule has 0 saturated carbocycles. The Labute approximate surface area is 190 Å². The molecule has 33 heavy (non-hydrogen) atoms. The molecule has 170 valence electrons. The van der Waals surface area contributed by atoms with Crippen LogP contribution in [0.2, 0.25) is 0 Å². The van der Waals surface area contributed by atoms with Crippen molar-refractivity contribution in [3.05, 3.63) is 77.9 Å². The van der Waals surface area contributed by atoms with Gasteiger partial charge in [-0.1, -0.05) is 36.4 Å². The first-order chi connectivity index (χ1) is 15.8. The molecule has 3 aromatic carbocycles. The molecule has 0 saturated heterocycles. The monoisotopic (exact) mass is 467 g/mol. The summed E-state index contributed by atoms with van der Waals surface area (Å²) < 4.78 is 34.5. The topological polar surface area (TPSA) is 128 Å². The van der Waals surface area contributed by atoms with Crippen molar-refractivity contribution in [2.45, 2.75) is 10.9 Å². The van der Waals surface area contributed by atoms with Crippen molar-refractivity contribution in [1.82, 2.24) is 0 Å². The van der Waals surface area contributed by atoms with E-state index in [1.54, 1.807) is 48.5 Å². The maximum absolute atomic E-state index is 14.0. The van der Waals surface area contributed by atoms with Crippen molar-refractivity contribution in [2.75, 3.05) is 24.4 Å². The number of methoxy groups -OCH3 is 2. The summed E-state index contributed by atoms with van der Waals surface area (Å²) in [6.45, 7) is 0. The van der Waals surface area contributed by atoms with Crippen LogP contribution >= 0.6 is 0 Å². The lowest BCUT2D eigenvalue weighted by Crippen LogP contribution is -2.45. The Hall–Kier alpha value is -3.89. The minimum absolute atomic E-state index is 0.125. The first-order valence-corrected chi connectivity index (χ1v) is 11.4. The van der Waals surface area contributed by atoms with Crippen molar-refractivity contribution in [3.8, 4) is 11.5 Å². The quantitative estimate of drug-likeness (QED) is 0.594. The predicted octanol–water partition coefficient (Wildman–Crippen LogP) is 2.69. The van der Waals surface area contributed by atoms with E-state index in [0.29, 0.717) is 11.3 Å². The molecule has 1 atom stereocenters. The van der Waals surface area contributed by atoms with E-state index in [9.17, 15) is 18.0 Å². The van der Waals surface area contributed by atoms with Crippen LogP contribution in [-0.2, 0) is 14.8 Å². The minimum Gasteiger partial charge on any atom is -0.496 e. The van der Waals surface area contributed by atoms with Crippen LogP contribution in [0.4, 0.5) is 11.4 Å². The van der Waals surface area contributed by atoms with Gasteiger partial charge in [0.1, 0.15) is 23.1 Å². The average Bonchev–Trinajstić information content (AvgIpc) is 2.81. The lowest BCUT2D eigenvalue weighted by Gasteiger charge is -2.37. The molecule has 1 aliphatic rings. The number of nitrogens with one attached hydrogen (secondary N) is 1. The van der Waals surface area contributed by atoms with Gasteiger partial charge >= 0.3 is 0 Å². The van der Waals surface area contributed by atoms with Gasteiger partial charge in [0.25, 0.3) is 11.8 Å². The van der Waals surface area contributed by atoms with E-state index in [4.69, 9.17) is 14.6 Å². The number of hydrogen-bond acceptors (Lipinski definition) is 6. The van der Waals surface area contributed by atoms with Gasteiger partial charge in [-0.3, -0.25) is 14.5 Å². The molecular formula is C23H21N3O6S. The van der Waals surface area contributed by atoms with E-state index in [1.165, 1.54) is 37.3 Å². The Kier molecular flexibility index (Phi) is 5.79. The number of carbonyl (C=O) groups excluding carboxylic acids is 2. The largest absolute Gasteiger partial charge is 0.496 e. The molecule has 9 nitrogen and oxygen atoms in total. The molecule has 1 unspecified atom stereocenters. The number of hydrogen-bond donors (Lipinski definition) is 2. The van der Waals surface area contributed by atoms with E-state index in [1.807, 2.05) is 0 Å². The summed E-state index contributed by atoms with van der Waals surface area (Å²) in [4.78, 5) is 28.3. The number of nitrogens with zero attached hydrogens (tertiary/aromatic N) is 1. The van der Waals surface area contributed by atoms with Gasteiger partial charge in [0, 0.05) is 0 Å². The third-order valence-electron chi connectivity index (χ3n) is 5.30. The van der Waals surface area contributed by atoms with Gasteiger partial charge in [-0.05, 0) is 35.9 Å². The highest BCUT2D eigenvalue weighted by Crippen LogP contribution is 2.42. The second-order valence-electron chi connectivity index (χ2n) is 7.24. The average molecular weight is 468 g/mol. The van der Waals surface area contributed by atoms with Crippen molar-refractivity contribution in [3.63, 3.8) is 0 Å². The number of carbonyl (C=O) groups is 2. The standard InChI is InChI=1S/C23H21N3O6S/c1-31-18-9-6-10-19(32-2)20(18)23(28)26-17-12-11-15(33(24,29)30)13-16(17)25-22(27)21(26)14-7-4-3-5-8-14/h3-13,21H,1-2H3,(H,25,27)(H2,24,29,30). The maximum atomic E-state index is 14.0. The number of amides is 2. The summed E-state index contributed by atoms with van der Waals surface area (Å²) in [6.07, 6.45) is 0. The molecule has 4 rings (SSSR count). The van der Waals surface area contributed by atoms with Crippen molar-refractivity contribution in [1.29, 1.82) is 0 Å². The van der Waals surface area contributed by atoms with E-state index in [0.717, 1.165) is 0 Å². The fourth-order valence-corrected chi connectivity index (χ4v) is 4.34. The van der Waals surface area contributed by atoms with Crippen LogP contribution in [0.15, 0.2) is 71.6 Å². The van der Waals surface area contributed by atoms with E-state index in [-0.39, 0.29) is 27.6 Å². The summed E-state index contributed by atoms with van der Waals surface area (Å²) in [5.41, 5.74) is 1.13. The highest BCUT2D eigenvalue weighted by atomic mass is 32.2. The molecule has 10 heteroatoms. The van der Waals surface area contributed by atoms with E-state index < -0.39 is 27.9 Å². The zero-order valence-electron chi connectivity index (χ0n) is 17.8. The molecule has 0 aliphatic carbocycles. The highest BCUT2D eigenvalue weighted by molar-refractivity contribution is 7.89. The highest BCUT2D eigenvalue weighted by Gasteiger charge is 2.40. The summed E-state index contributed by atoms with van der Waals surface area (Å²) in [7, 11) is -1.17. The van der Waals surface area contributed by atoms with Crippen LogP contribution < -0.4 is 24.8 Å². The molecule has 0 spiro atoms. The van der Waals surface area contributed by atoms with Crippen molar-refractivity contribution < 1.29 is 27.5 Å². The fraction of sp³-hybridized carbons (Fsp3) is 0.130. The Morgan fingerprint density at radius 1 is 0.970 bits per heavy atom. The number of fused-ring (bicyclic) bond motifs is 1. The number of primary sulfonamides is 1.